The molecule has 49 heavy (non-hydrogen) atoms. The second-order valence-electron chi connectivity index (χ2n) is 14.6. The molecule has 3 unspecified atom stereocenters. The molecule has 0 radical (unpaired) electrons. The average Bonchev–Trinajstić information content (AvgIpc) is 3.09. The van der Waals surface area contributed by atoms with Crippen molar-refractivity contribution in [2.24, 2.45) is 11.3 Å². The SMILES string of the molecule is C=C/C=C(\C=C)C(CCCC(=C)C(C(C(=C)C=C)c1cccc(C)c1)C(C)(C)CCCCN(CC)CCCCC)c1ccccc1.CCC. The molecule has 0 heterocycles. The van der Waals surface area contributed by atoms with Gasteiger partial charge >= 0.3 is 0 Å². The van der Waals surface area contributed by atoms with Crippen LogP contribution in [0.5, 0.6) is 0 Å². The zero-order chi connectivity index (χ0) is 36.7. The molecule has 2 aromatic carbocycles. The topological polar surface area (TPSA) is 3.24 Å². The monoisotopic (exact) mass is 664 g/mol. The molecular weight excluding hydrogens is 591 g/mol. The van der Waals surface area contributed by atoms with E-state index in [0.717, 1.165) is 37.8 Å². The molecule has 2 rings (SSSR count). The third-order valence-corrected chi connectivity index (χ3v) is 9.89. The molecule has 0 aromatic heterocycles. The number of nitrogens with zero attached hydrogens (tertiary/aromatic N) is 1. The lowest BCUT2D eigenvalue weighted by Crippen LogP contribution is -2.32. The quantitative estimate of drug-likeness (QED) is 0.0614. The summed E-state index contributed by atoms with van der Waals surface area (Å²) >= 11 is 0. The lowest BCUT2D eigenvalue weighted by Gasteiger charge is -2.42. The molecule has 3 atom stereocenters. The van der Waals surface area contributed by atoms with Crippen LogP contribution in [0.1, 0.15) is 134 Å². The highest BCUT2D eigenvalue weighted by molar-refractivity contribution is 5.39. The Morgan fingerprint density at radius 3 is 1.98 bits per heavy atom. The van der Waals surface area contributed by atoms with Crippen molar-refractivity contribution in [1.82, 2.24) is 4.90 Å². The van der Waals surface area contributed by atoms with Gasteiger partial charge in [0.1, 0.15) is 0 Å². The number of aryl methyl sites for hydroxylation is 1. The van der Waals surface area contributed by atoms with E-state index in [4.69, 9.17) is 6.58 Å². The first-order valence-electron chi connectivity index (χ1n) is 19.3. The molecule has 1 heteroatoms. The van der Waals surface area contributed by atoms with Crippen LogP contribution in [-0.2, 0) is 0 Å². The van der Waals surface area contributed by atoms with Gasteiger partial charge < -0.3 is 4.90 Å². The van der Waals surface area contributed by atoms with E-state index in [2.05, 4.69) is 140 Å². The van der Waals surface area contributed by atoms with Crippen LogP contribution in [0.15, 0.2) is 129 Å². The molecule has 270 valence electrons. The first kappa shape index (κ1) is 43.9. The van der Waals surface area contributed by atoms with Crippen molar-refractivity contribution >= 4 is 0 Å². The highest BCUT2D eigenvalue weighted by Crippen LogP contribution is 2.49. The second kappa shape index (κ2) is 24.9. The first-order valence-corrected chi connectivity index (χ1v) is 19.3. The summed E-state index contributed by atoms with van der Waals surface area (Å²) in [6.07, 6.45) is 19.8. The Hall–Kier alpha value is -3.16. The molecule has 0 aliphatic heterocycles. The molecule has 0 amide bonds. The van der Waals surface area contributed by atoms with Gasteiger partial charge in [0.15, 0.2) is 0 Å². The van der Waals surface area contributed by atoms with Crippen molar-refractivity contribution in [2.75, 3.05) is 19.6 Å². The standard InChI is InChI=1S/C45H65N.C3H8/c1-11-16-21-33-46(15-5)34-22-20-32-45(9,10)44(43(37(7)13-3)41-30-23-26-36(6)35-41)38(8)27-24-31-42(39(14-4)25-12-2)40-28-18-17-19-29-40;1-3-2/h12-14,17-19,23,25-26,28-30,35,42-44H,2-4,7-8,11,15-16,20-22,24,27,31-34H2,1,5-6,9-10H3;3H2,1-2H3/b39-25+;. The minimum atomic E-state index is 0.0462. The second-order valence-corrected chi connectivity index (χ2v) is 14.6. The number of benzene rings is 2. The van der Waals surface area contributed by atoms with E-state index in [1.807, 2.05) is 18.2 Å². The highest BCUT2D eigenvalue weighted by Gasteiger charge is 2.38. The number of allylic oxidation sites excluding steroid dienone is 7. The normalized spacial score (nSPS) is 13.5. The van der Waals surface area contributed by atoms with Crippen LogP contribution < -0.4 is 0 Å². The summed E-state index contributed by atoms with van der Waals surface area (Å²) in [6, 6.07) is 19.8. The van der Waals surface area contributed by atoms with Crippen molar-refractivity contribution in [3.63, 3.8) is 0 Å². The fraction of sp³-hybridized carbons (Fsp3) is 0.500. The van der Waals surface area contributed by atoms with Crippen LogP contribution >= 0.6 is 0 Å². The molecule has 0 saturated heterocycles. The van der Waals surface area contributed by atoms with Crippen LogP contribution in [0.4, 0.5) is 0 Å². The molecule has 1 nitrogen and oxygen atoms in total. The largest absolute Gasteiger partial charge is 0.304 e. The van der Waals surface area contributed by atoms with Crippen molar-refractivity contribution in [3.8, 4) is 0 Å². The minimum Gasteiger partial charge on any atom is -0.304 e. The van der Waals surface area contributed by atoms with Crippen molar-refractivity contribution in [1.29, 1.82) is 0 Å². The Morgan fingerprint density at radius 1 is 0.796 bits per heavy atom. The summed E-state index contributed by atoms with van der Waals surface area (Å²) in [6.45, 7) is 41.2. The Kier molecular flexibility index (Phi) is 22.3. The number of rotatable bonds is 24. The summed E-state index contributed by atoms with van der Waals surface area (Å²) in [5.41, 5.74) is 7.61. The lowest BCUT2D eigenvalue weighted by atomic mass is 9.62. The van der Waals surface area contributed by atoms with Crippen molar-refractivity contribution in [2.45, 2.75) is 125 Å². The fourth-order valence-electron chi connectivity index (χ4n) is 7.30. The van der Waals surface area contributed by atoms with Gasteiger partial charge in [-0.3, -0.25) is 0 Å². The number of hydrogen-bond acceptors (Lipinski definition) is 1. The molecule has 0 N–H and O–H groups in total. The van der Waals surface area contributed by atoms with E-state index < -0.39 is 0 Å². The Morgan fingerprint density at radius 2 is 1.43 bits per heavy atom. The van der Waals surface area contributed by atoms with Gasteiger partial charge in [-0.1, -0.05) is 190 Å². The van der Waals surface area contributed by atoms with Gasteiger partial charge in [-0.25, -0.2) is 0 Å². The average molecular weight is 664 g/mol. The molecule has 0 saturated carbocycles. The van der Waals surface area contributed by atoms with Crippen LogP contribution in [0.3, 0.4) is 0 Å². The smallest absolute Gasteiger partial charge is 0.0154 e. The zero-order valence-corrected chi connectivity index (χ0v) is 32.9. The van der Waals surface area contributed by atoms with Gasteiger partial charge in [-0.2, -0.15) is 0 Å². The molecule has 0 aliphatic carbocycles. The Balaban J connectivity index is 0.00000385. The summed E-state index contributed by atoms with van der Waals surface area (Å²) in [5.74, 6) is 0.685. The van der Waals surface area contributed by atoms with E-state index in [9.17, 15) is 0 Å². The van der Waals surface area contributed by atoms with E-state index in [1.54, 1.807) is 0 Å². The maximum absolute atomic E-state index is 4.85. The van der Waals surface area contributed by atoms with Gasteiger partial charge in [0.2, 0.25) is 0 Å². The summed E-state index contributed by atoms with van der Waals surface area (Å²) in [5, 5.41) is 0. The van der Waals surface area contributed by atoms with Gasteiger partial charge in [0.25, 0.3) is 0 Å². The fourth-order valence-corrected chi connectivity index (χ4v) is 7.30. The number of unbranched alkanes of at least 4 members (excludes halogenated alkanes) is 3. The van der Waals surface area contributed by atoms with Crippen LogP contribution in [-0.4, -0.2) is 24.5 Å². The van der Waals surface area contributed by atoms with Crippen LogP contribution in [0.2, 0.25) is 0 Å². The first-order chi connectivity index (χ1) is 23.5. The minimum absolute atomic E-state index is 0.0462. The van der Waals surface area contributed by atoms with E-state index in [0.29, 0.717) is 0 Å². The maximum Gasteiger partial charge on any atom is 0.0154 e. The zero-order valence-electron chi connectivity index (χ0n) is 32.9. The summed E-state index contributed by atoms with van der Waals surface area (Å²) < 4.78 is 0. The van der Waals surface area contributed by atoms with Crippen LogP contribution in [0.25, 0.3) is 0 Å². The van der Waals surface area contributed by atoms with E-state index in [-0.39, 0.29) is 23.2 Å². The van der Waals surface area contributed by atoms with E-state index >= 15 is 0 Å². The Labute approximate surface area is 304 Å². The third-order valence-electron chi connectivity index (χ3n) is 9.89. The highest BCUT2D eigenvalue weighted by atomic mass is 15.1. The van der Waals surface area contributed by atoms with Gasteiger partial charge in [-0.15, -0.1) is 0 Å². The predicted octanol–water partition coefficient (Wildman–Crippen LogP) is 14.4. The summed E-state index contributed by atoms with van der Waals surface area (Å²) in [7, 11) is 0. The lowest BCUT2D eigenvalue weighted by molar-refractivity contribution is 0.190. The van der Waals surface area contributed by atoms with Gasteiger partial charge in [0.05, 0.1) is 0 Å². The third kappa shape index (κ3) is 15.5. The molecule has 2 aromatic rings. The van der Waals surface area contributed by atoms with Crippen molar-refractivity contribution in [3.05, 3.63) is 145 Å². The van der Waals surface area contributed by atoms with Crippen molar-refractivity contribution < 1.29 is 0 Å². The molecular formula is C48H73N. The predicted molar refractivity (Wildman–Crippen MR) is 223 cm³/mol. The van der Waals surface area contributed by atoms with Gasteiger partial charge in [0, 0.05) is 11.8 Å². The molecule has 0 bridgehead atoms. The van der Waals surface area contributed by atoms with E-state index in [1.165, 1.54) is 79.5 Å². The molecule has 0 spiro atoms. The molecule has 0 fully saturated rings. The van der Waals surface area contributed by atoms with Gasteiger partial charge in [-0.05, 0) is 98.7 Å². The number of hydrogen-bond donors (Lipinski definition) is 0. The maximum atomic E-state index is 4.85. The molecule has 0 aliphatic rings. The van der Waals surface area contributed by atoms with Crippen LogP contribution in [0, 0.1) is 18.3 Å². The Bertz CT molecular complexity index is 1280. The summed E-state index contributed by atoms with van der Waals surface area (Å²) in [4.78, 5) is 2.63.